The van der Waals surface area contributed by atoms with Crippen molar-refractivity contribution < 1.29 is 9.90 Å². The number of aromatic carboxylic acids is 1. The molecule has 0 unspecified atom stereocenters. The lowest BCUT2D eigenvalue weighted by Crippen LogP contribution is -2.09. The Morgan fingerprint density at radius 1 is 1.58 bits per heavy atom. The second kappa shape index (κ2) is 1.68. The quantitative estimate of drug-likeness (QED) is 0.640. The van der Waals surface area contributed by atoms with E-state index in [4.69, 9.17) is 5.11 Å². The van der Waals surface area contributed by atoms with Gasteiger partial charge in [0.15, 0.2) is 0 Å². The van der Waals surface area contributed by atoms with E-state index in [0.29, 0.717) is 11.8 Å². The molecule has 5 heteroatoms. The number of nitrogens with zero attached hydrogens (tertiary/aromatic N) is 3. The summed E-state index contributed by atoms with van der Waals surface area (Å²) in [5.41, 5.74) is 0. The minimum absolute atomic E-state index is 0.0946. The van der Waals surface area contributed by atoms with Crippen molar-refractivity contribution in [3.63, 3.8) is 0 Å². The molecule has 1 aromatic rings. The van der Waals surface area contributed by atoms with Crippen molar-refractivity contribution in [1.29, 1.82) is 0 Å². The molecule has 2 heterocycles. The van der Waals surface area contributed by atoms with Crippen molar-refractivity contribution in [1.82, 2.24) is 14.8 Å². The van der Waals surface area contributed by atoms with Gasteiger partial charge in [-0.15, -0.1) is 10.2 Å². The van der Waals surface area contributed by atoms with Crippen LogP contribution in [0.1, 0.15) is 28.8 Å². The Morgan fingerprint density at radius 2 is 2.42 bits per heavy atom. The third-order valence-electron chi connectivity index (χ3n) is 2.64. The number of hydrogen-bond donors (Lipinski definition) is 1. The van der Waals surface area contributed by atoms with Crippen molar-refractivity contribution in [2.75, 3.05) is 0 Å². The zero-order valence-electron chi connectivity index (χ0n) is 6.27. The lowest BCUT2D eigenvalue weighted by atomic mass is 10.4. The molecule has 0 saturated heterocycles. The molecule has 1 aromatic heterocycles. The number of aromatic nitrogens is 3. The highest BCUT2D eigenvalue weighted by Crippen LogP contribution is 2.52. The summed E-state index contributed by atoms with van der Waals surface area (Å²) in [7, 11) is 0. The molecule has 1 saturated carbocycles. The Kier molecular flexibility index (Phi) is 0.861. The highest BCUT2D eigenvalue weighted by atomic mass is 16.4. The molecule has 1 aliphatic carbocycles. The van der Waals surface area contributed by atoms with Crippen LogP contribution >= 0.6 is 0 Å². The Hall–Kier alpha value is -1.39. The SMILES string of the molecule is O=C(O)c1nnc2n1C[C@H]1C[C@@H]21. The van der Waals surface area contributed by atoms with Gasteiger partial charge in [0.2, 0.25) is 5.82 Å². The Bertz CT molecular complexity index is 371. The van der Waals surface area contributed by atoms with Gasteiger partial charge in [-0.2, -0.15) is 0 Å². The van der Waals surface area contributed by atoms with E-state index in [1.54, 1.807) is 4.57 Å². The summed E-state index contributed by atoms with van der Waals surface area (Å²) in [6.45, 7) is 0.800. The first-order valence-electron chi connectivity index (χ1n) is 3.94. The molecule has 0 amide bonds. The highest BCUT2D eigenvalue weighted by Gasteiger charge is 2.48. The molecule has 1 N–H and O–H groups in total. The van der Waals surface area contributed by atoms with Crippen LogP contribution in [0.5, 0.6) is 0 Å². The van der Waals surface area contributed by atoms with Crippen LogP contribution in [0.25, 0.3) is 0 Å². The summed E-state index contributed by atoms with van der Waals surface area (Å²) >= 11 is 0. The first kappa shape index (κ1) is 6.16. The van der Waals surface area contributed by atoms with Crippen molar-refractivity contribution in [3.8, 4) is 0 Å². The topological polar surface area (TPSA) is 68.0 Å². The van der Waals surface area contributed by atoms with Crippen LogP contribution < -0.4 is 0 Å². The van der Waals surface area contributed by atoms with Crippen LogP contribution in [0.3, 0.4) is 0 Å². The van der Waals surface area contributed by atoms with Crippen LogP contribution in [0.4, 0.5) is 0 Å². The average Bonchev–Trinajstić information content (AvgIpc) is 2.54. The molecule has 0 aromatic carbocycles. The number of carboxylic acids is 1. The monoisotopic (exact) mass is 165 g/mol. The van der Waals surface area contributed by atoms with Crippen LogP contribution in [0, 0.1) is 5.92 Å². The number of carboxylic acid groups (broad SMARTS) is 1. The minimum Gasteiger partial charge on any atom is -0.475 e. The summed E-state index contributed by atoms with van der Waals surface area (Å²) < 4.78 is 1.72. The van der Waals surface area contributed by atoms with Gasteiger partial charge in [0.25, 0.3) is 0 Å². The fourth-order valence-corrected chi connectivity index (χ4v) is 1.93. The predicted molar refractivity (Wildman–Crippen MR) is 37.8 cm³/mol. The van der Waals surface area contributed by atoms with Gasteiger partial charge < -0.3 is 9.67 Å². The maximum Gasteiger partial charge on any atom is 0.374 e. The Balaban J connectivity index is 2.14. The smallest absolute Gasteiger partial charge is 0.374 e. The zero-order valence-corrected chi connectivity index (χ0v) is 6.27. The lowest BCUT2D eigenvalue weighted by molar-refractivity contribution is 0.0677. The summed E-state index contributed by atoms with van der Waals surface area (Å²) in [6, 6.07) is 0. The molecule has 1 aliphatic heterocycles. The van der Waals surface area contributed by atoms with Gasteiger partial charge in [-0.05, 0) is 12.3 Å². The van der Waals surface area contributed by atoms with E-state index < -0.39 is 5.97 Å². The van der Waals surface area contributed by atoms with E-state index >= 15 is 0 Å². The normalized spacial score (nSPS) is 29.7. The summed E-state index contributed by atoms with van der Waals surface area (Å²) in [5.74, 6) is 1.14. The number of hydrogen-bond acceptors (Lipinski definition) is 3. The van der Waals surface area contributed by atoms with Crippen molar-refractivity contribution in [3.05, 3.63) is 11.6 Å². The molecule has 0 bridgehead atoms. The molecular formula is C7H7N3O2. The van der Waals surface area contributed by atoms with E-state index in [0.717, 1.165) is 18.8 Å². The van der Waals surface area contributed by atoms with Gasteiger partial charge in [0.05, 0.1) is 0 Å². The Labute approximate surface area is 68.0 Å². The molecular weight excluding hydrogens is 158 g/mol. The minimum atomic E-state index is -0.977. The first-order valence-corrected chi connectivity index (χ1v) is 3.94. The van der Waals surface area contributed by atoms with E-state index in [9.17, 15) is 4.79 Å². The van der Waals surface area contributed by atoms with E-state index in [-0.39, 0.29) is 5.82 Å². The number of rotatable bonds is 1. The molecule has 2 atom stereocenters. The molecule has 1 fully saturated rings. The molecule has 0 radical (unpaired) electrons. The molecule has 0 spiro atoms. The maximum atomic E-state index is 10.6. The fraction of sp³-hybridized carbons (Fsp3) is 0.571. The van der Waals surface area contributed by atoms with Gasteiger partial charge in [0.1, 0.15) is 5.82 Å². The van der Waals surface area contributed by atoms with Crippen molar-refractivity contribution in [2.24, 2.45) is 5.92 Å². The number of fused-ring (bicyclic) bond motifs is 3. The fourth-order valence-electron chi connectivity index (χ4n) is 1.93. The van der Waals surface area contributed by atoms with Gasteiger partial charge in [-0.1, -0.05) is 0 Å². The molecule has 2 aliphatic rings. The average molecular weight is 165 g/mol. The van der Waals surface area contributed by atoms with Gasteiger partial charge in [-0.3, -0.25) is 0 Å². The first-order chi connectivity index (χ1) is 5.77. The molecule has 12 heavy (non-hydrogen) atoms. The standard InChI is InChI=1S/C7H7N3O2/c11-7(12)6-9-8-5-4-1-3(4)2-10(5)6/h3-4H,1-2H2,(H,11,12)/t3-,4-/m1/s1. The van der Waals surface area contributed by atoms with Gasteiger partial charge in [-0.25, -0.2) is 4.79 Å². The van der Waals surface area contributed by atoms with E-state index in [1.807, 2.05) is 0 Å². The van der Waals surface area contributed by atoms with Crippen LogP contribution in [-0.2, 0) is 6.54 Å². The summed E-state index contributed by atoms with van der Waals surface area (Å²) in [4.78, 5) is 10.6. The predicted octanol–water partition coefficient (Wildman–Crippen LogP) is 0.0934. The second-order valence-electron chi connectivity index (χ2n) is 3.40. The summed E-state index contributed by atoms with van der Waals surface area (Å²) in [6.07, 6.45) is 1.16. The van der Waals surface area contributed by atoms with E-state index in [2.05, 4.69) is 10.2 Å². The Morgan fingerprint density at radius 3 is 3.17 bits per heavy atom. The van der Waals surface area contributed by atoms with Gasteiger partial charge >= 0.3 is 5.97 Å². The molecule has 3 rings (SSSR count). The summed E-state index contributed by atoms with van der Waals surface area (Å²) in [5, 5.41) is 16.2. The third-order valence-corrected chi connectivity index (χ3v) is 2.64. The van der Waals surface area contributed by atoms with Crippen molar-refractivity contribution >= 4 is 5.97 Å². The maximum absolute atomic E-state index is 10.6. The van der Waals surface area contributed by atoms with Crippen molar-refractivity contribution in [2.45, 2.75) is 18.9 Å². The van der Waals surface area contributed by atoms with Crippen LogP contribution in [-0.4, -0.2) is 25.8 Å². The molecule has 5 nitrogen and oxygen atoms in total. The third kappa shape index (κ3) is 0.569. The number of carbonyl (C=O) groups is 1. The van der Waals surface area contributed by atoms with E-state index in [1.165, 1.54) is 0 Å². The molecule has 62 valence electrons. The second-order valence-corrected chi connectivity index (χ2v) is 3.40. The van der Waals surface area contributed by atoms with Gasteiger partial charge in [0, 0.05) is 12.5 Å². The van der Waals surface area contributed by atoms with Crippen LogP contribution in [0.2, 0.25) is 0 Å². The largest absolute Gasteiger partial charge is 0.475 e. The highest BCUT2D eigenvalue weighted by molar-refractivity contribution is 5.83. The lowest BCUT2D eigenvalue weighted by Gasteiger charge is -1.98. The zero-order chi connectivity index (χ0) is 8.29. The van der Waals surface area contributed by atoms with Crippen LogP contribution in [0.15, 0.2) is 0 Å².